The molecule has 0 fully saturated rings. The van der Waals surface area contributed by atoms with Crippen molar-refractivity contribution < 1.29 is 65.3 Å². The fourth-order valence-electron chi connectivity index (χ4n) is 0.0745. The van der Waals surface area contributed by atoms with Gasteiger partial charge in [0.05, 0.1) is 0 Å². The van der Waals surface area contributed by atoms with Crippen LogP contribution in [0.15, 0.2) is 0 Å². The largest absolute Gasteiger partial charge is 1.00 e. The first-order chi connectivity index (χ1) is 3.12. The first kappa shape index (κ1) is 13.1. The third kappa shape index (κ3) is 6.58. The van der Waals surface area contributed by atoms with Gasteiger partial charge in [-0.3, -0.25) is 0 Å². The summed E-state index contributed by atoms with van der Waals surface area (Å²) in [5, 5.41) is 0. The maximum Gasteiger partial charge on any atom is 1.00 e. The van der Waals surface area contributed by atoms with E-state index < -0.39 is 6.19 Å². The Labute approximate surface area is 99.0 Å². The molecule has 0 atom stereocenters. The Balaban J connectivity index is 0. The van der Waals surface area contributed by atoms with Crippen LogP contribution in [0, 0.1) is 0 Å². The maximum atomic E-state index is 10.5. The van der Waals surface area contributed by atoms with Gasteiger partial charge in [0.1, 0.15) is 0 Å². The molecular weight excluding hydrogens is 221 g/mol. The van der Waals surface area contributed by atoms with E-state index in [9.17, 15) is 4.89 Å². The molecule has 0 amide bonds. The van der Waals surface area contributed by atoms with Crippen LogP contribution in [0.4, 0.5) is 0 Å². The molecule has 0 aliphatic carbocycles. The van der Waals surface area contributed by atoms with Crippen LogP contribution in [0.2, 0.25) is 0 Å². The van der Waals surface area contributed by atoms with Gasteiger partial charge < -0.3 is 0 Å². The van der Waals surface area contributed by atoms with Crippen molar-refractivity contribution in [2.75, 3.05) is 14.2 Å². The van der Waals surface area contributed by atoms with Crippen LogP contribution in [0.25, 0.3) is 0 Å². The van der Waals surface area contributed by atoms with Gasteiger partial charge in [-0.05, 0) is 0 Å². The monoisotopic (exact) mass is 228 g/mol. The molecule has 44 valence electrons. The van der Waals surface area contributed by atoms with Crippen molar-refractivity contribution in [2.24, 2.45) is 0 Å². The van der Waals surface area contributed by atoms with E-state index in [1.165, 1.54) is 14.2 Å². The average molecular weight is 227 g/mol. The molecular formula is C2H6KO3PSe. The molecule has 0 aromatic heterocycles. The van der Waals surface area contributed by atoms with Gasteiger partial charge in [-0.15, -0.1) is 0 Å². The molecule has 0 radical (unpaired) electrons. The maximum absolute atomic E-state index is 10.5. The van der Waals surface area contributed by atoms with Crippen molar-refractivity contribution in [3.05, 3.63) is 0 Å². The summed E-state index contributed by atoms with van der Waals surface area (Å²) in [5.74, 6) is 0. The molecule has 0 saturated carbocycles. The Morgan fingerprint density at radius 2 is 1.62 bits per heavy atom. The van der Waals surface area contributed by atoms with Crippen LogP contribution in [-0.4, -0.2) is 29.3 Å². The van der Waals surface area contributed by atoms with E-state index in [0.29, 0.717) is 0 Å². The second-order valence-corrected chi connectivity index (χ2v) is 5.25. The molecule has 0 bridgehead atoms. The van der Waals surface area contributed by atoms with Crippen molar-refractivity contribution in [3.63, 3.8) is 0 Å². The zero-order valence-electron chi connectivity index (χ0n) is 5.08. The quantitative estimate of drug-likeness (QED) is 0.363. The van der Waals surface area contributed by atoms with Crippen LogP contribution < -0.4 is 56.3 Å². The minimum atomic E-state index is -2.78. The second kappa shape index (κ2) is 6.19. The summed E-state index contributed by atoms with van der Waals surface area (Å²) in [7, 11) is 2.64. The Morgan fingerprint density at radius 3 is 1.62 bits per heavy atom. The van der Waals surface area contributed by atoms with Gasteiger partial charge in [0.15, 0.2) is 0 Å². The third-order valence-corrected chi connectivity index (χ3v) is 3.22. The number of hydrogen-bond donors (Lipinski definition) is 0. The van der Waals surface area contributed by atoms with Crippen LogP contribution in [0.5, 0.6) is 0 Å². The first-order valence-corrected chi connectivity index (χ1v) is 5.31. The summed E-state index contributed by atoms with van der Waals surface area (Å²) in [4.78, 5) is 10.5. The normalized spacial score (nSPS) is 10.4. The fourth-order valence-corrected chi connectivity index (χ4v) is 0.224. The molecule has 0 heterocycles. The van der Waals surface area contributed by atoms with E-state index in [2.05, 4.69) is 24.1 Å². The van der Waals surface area contributed by atoms with Crippen molar-refractivity contribution >= 4 is 21.3 Å². The molecule has 0 spiro atoms. The van der Waals surface area contributed by atoms with E-state index in [-0.39, 0.29) is 51.4 Å². The summed E-state index contributed by atoms with van der Waals surface area (Å²) in [6.07, 6.45) is -2.78. The van der Waals surface area contributed by atoms with Gasteiger partial charge >= 0.3 is 101 Å². The summed E-state index contributed by atoms with van der Waals surface area (Å²) < 4.78 is 8.73. The number of rotatable bonds is 2. The smallest absolute Gasteiger partial charge is 1.00 e. The SMILES string of the molecule is COP([O-])(=[Se])OC.[K+]. The zero-order valence-corrected chi connectivity index (χ0v) is 10.8. The third-order valence-electron chi connectivity index (χ3n) is 0.447. The van der Waals surface area contributed by atoms with Gasteiger partial charge in [-0.1, -0.05) is 0 Å². The zero-order chi connectivity index (χ0) is 5.91. The molecule has 0 aromatic carbocycles. The molecule has 0 aromatic rings. The Bertz CT molecular complexity index is 89.3. The predicted octanol–water partition coefficient (Wildman–Crippen LogP) is -3.51. The van der Waals surface area contributed by atoms with Crippen molar-refractivity contribution in [1.29, 1.82) is 0 Å². The standard InChI is InChI=1S/C2H7O3PSe.K/c1-4-6(3,7)5-2;/h1-2H3,(H,3,7);/q;+1/p-1. The summed E-state index contributed by atoms with van der Waals surface area (Å²) in [6.45, 7) is 0. The summed E-state index contributed by atoms with van der Waals surface area (Å²) in [5.41, 5.74) is 0. The van der Waals surface area contributed by atoms with E-state index in [1.807, 2.05) is 0 Å². The van der Waals surface area contributed by atoms with E-state index in [4.69, 9.17) is 0 Å². The first-order valence-electron chi connectivity index (χ1n) is 1.55. The molecule has 0 saturated heterocycles. The Morgan fingerprint density at radius 1 is 1.38 bits per heavy atom. The van der Waals surface area contributed by atoms with Crippen molar-refractivity contribution in [2.45, 2.75) is 0 Å². The van der Waals surface area contributed by atoms with Crippen LogP contribution in [0.1, 0.15) is 0 Å². The van der Waals surface area contributed by atoms with E-state index >= 15 is 0 Å². The molecule has 0 rings (SSSR count). The molecule has 3 nitrogen and oxygen atoms in total. The van der Waals surface area contributed by atoms with Gasteiger partial charge in [-0.2, -0.15) is 0 Å². The second-order valence-electron chi connectivity index (χ2n) is 0.812. The number of hydrogen-bond acceptors (Lipinski definition) is 3. The summed E-state index contributed by atoms with van der Waals surface area (Å²) in [6, 6.07) is 0. The summed E-state index contributed by atoms with van der Waals surface area (Å²) >= 11 is 2.26. The molecule has 0 unspecified atom stereocenters. The Hall–Kier alpha value is 2.47. The average Bonchev–Trinajstić information content (AvgIpc) is 1.68. The van der Waals surface area contributed by atoms with Crippen LogP contribution in [0.3, 0.4) is 0 Å². The van der Waals surface area contributed by atoms with Gasteiger partial charge in [0, 0.05) is 0 Å². The molecule has 0 N–H and O–H groups in total. The molecule has 0 aliphatic heterocycles. The topological polar surface area (TPSA) is 41.5 Å². The molecule has 0 aliphatic rings. The molecule has 6 heteroatoms. The Kier molecular flexibility index (Phi) is 10.1. The van der Waals surface area contributed by atoms with Crippen LogP contribution >= 0.6 is 6.19 Å². The van der Waals surface area contributed by atoms with Gasteiger partial charge in [0.2, 0.25) is 0 Å². The van der Waals surface area contributed by atoms with Crippen molar-refractivity contribution in [1.82, 2.24) is 0 Å². The fraction of sp³-hybridized carbons (Fsp3) is 1.00. The van der Waals surface area contributed by atoms with Crippen molar-refractivity contribution in [3.8, 4) is 0 Å². The minimum absolute atomic E-state index is 0. The van der Waals surface area contributed by atoms with E-state index in [1.54, 1.807) is 0 Å². The van der Waals surface area contributed by atoms with E-state index in [0.717, 1.165) is 0 Å². The molecule has 8 heavy (non-hydrogen) atoms. The van der Waals surface area contributed by atoms with Gasteiger partial charge in [-0.25, -0.2) is 0 Å². The van der Waals surface area contributed by atoms with Gasteiger partial charge in [0.25, 0.3) is 0 Å². The predicted molar refractivity (Wildman–Crippen MR) is 26.7 cm³/mol. The van der Waals surface area contributed by atoms with Crippen LogP contribution in [-0.2, 0) is 9.05 Å². The minimum Gasteiger partial charge on any atom is 1.00 e.